The summed E-state index contributed by atoms with van der Waals surface area (Å²) in [6.07, 6.45) is -2.12. The molecule has 9 nitrogen and oxygen atoms in total. The van der Waals surface area contributed by atoms with Crippen molar-refractivity contribution in [2.24, 2.45) is 0 Å². The molecule has 0 atom stereocenters. The molecule has 0 bridgehead atoms. The molecule has 34 heavy (non-hydrogen) atoms. The van der Waals surface area contributed by atoms with E-state index < -0.39 is 23.3 Å². The van der Waals surface area contributed by atoms with Crippen LogP contribution < -0.4 is 5.32 Å². The van der Waals surface area contributed by atoms with Crippen LogP contribution in [0.25, 0.3) is 17.1 Å². The van der Waals surface area contributed by atoms with Gasteiger partial charge in [-0.2, -0.15) is 23.1 Å². The zero-order valence-electron chi connectivity index (χ0n) is 17.2. The number of benzene rings is 1. The van der Waals surface area contributed by atoms with Crippen LogP contribution in [0.15, 0.2) is 51.6 Å². The Bertz CT molecular complexity index is 1390. The highest BCUT2D eigenvalue weighted by Gasteiger charge is 2.67. The molecule has 1 aliphatic rings. The van der Waals surface area contributed by atoms with Gasteiger partial charge in [-0.3, -0.25) is 5.41 Å². The van der Waals surface area contributed by atoms with Crippen molar-refractivity contribution in [3.63, 3.8) is 0 Å². The highest BCUT2D eigenvalue weighted by molar-refractivity contribution is 6.07. The molecule has 0 aliphatic heterocycles. The van der Waals surface area contributed by atoms with Crippen LogP contribution in [0.1, 0.15) is 35.8 Å². The lowest BCUT2D eigenvalue weighted by Gasteiger charge is -2.14. The first-order chi connectivity index (χ1) is 16.3. The molecule has 5 rings (SSSR count). The highest BCUT2D eigenvalue weighted by atomic mass is 19.4. The number of fused-ring (bicyclic) bond motifs is 1. The smallest absolute Gasteiger partial charge is 0.403 e. The van der Waals surface area contributed by atoms with E-state index in [-0.39, 0.29) is 42.3 Å². The van der Waals surface area contributed by atoms with E-state index in [9.17, 15) is 17.6 Å². The minimum atomic E-state index is -4.50. The molecule has 174 valence electrons. The SMILES string of the molecule is N=C(/C=C(\NCc1ccccc1F)c1ccon1)c1nnc2nc(C3(C(F)(F)F)CC3)oc2n1. The van der Waals surface area contributed by atoms with Crippen LogP contribution in [-0.4, -0.2) is 37.2 Å². The Morgan fingerprint density at radius 3 is 2.62 bits per heavy atom. The van der Waals surface area contributed by atoms with E-state index in [0.29, 0.717) is 17.0 Å². The minimum absolute atomic E-state index is 0.0851. The molecular weight excluding hydrogens is 458 g/mol. The van der Waals surface area contributed by atoms with E-state index in [2.05, 4.69) is 30.6 Å². The number of aromatic nitrogens is 5. The third-order valence-corrected chi connectivity index (χ3v) is 5.41. The molecule has 3 heterocycles. The lowest BCUT2D eigenvalue weighted by Crippen LogP contribution is -2.28. The molecule has 0 amide bonds. The third kappa shape index (κ3) is 3.89. The van der Waals surface area contributed by atoms with Gasteiger partial charge in [0.05, 0.1) is 5.70 Å². The van der Waals surface area contributed by atoms with Gasteiger partial charge in [-0.1, -0.05) is 23.4 Å². The van der Waals surface area contributed by atoms with Crippen molar-refractivity contribution in [2.75, 3.05) is 0 Å². The maximum atomic E-state index is 14.0. The second-order valence-electron chi connectivity index (χ2n) is 7.66. The van der Waals surface area contributed by atoms with Crippen molar-refractivity contribution in [3.05, 3.63) is 71.5 Å². The normalized spacial score (nSPS) is 15.5. The lowest BCUT2D eigenvalue weighted by atomic mass is 10.1. The van der Waals surface area contributed by atoms with Gasteiger partial charge in [0, 0.05) is 18.2 Å². The third-order valence-electron chi connectivity index (χ3n) is 5.41. The molecule has 0 radical (unpaired) electrons. The van der Waals surface area contributed by atoms with E-state index in [4.69, 9.17) is 14.3 Å². The molecule has 13 heteroatoms. The zero-order valence-corrected chi connectivity index (χ0v) is 17.2. The van der Waals surface area contributed by atoms with Crippen LogP contribution in [0.4, 0.5) is 17.6 Å². The Kier molecular flexibility index (Phi) is 5.10. The maximum absolute atomic E-state index is 14.0. The number of allylic oxidation sites excluding steroid dienone is 1. The number of nitrogens with one attached hydrogen (secondary N) is 2. The fourth-order valence-corrected chi connectivity index (χ4v) is 3.33. The second kappa shape index (κ2) is 8.01. The molecule has 2 N–H and O–H groups in total. The molecule has 1 aromatic carbocycles. The van der Waals surface area contributed by atoms with Gasteiger partial charge in [-0.05, 0) is 25.0 Å². The van der Waals surface area contributed by atoms with Gasteiger partial charge in [0.2, 0.25) is 17.4 Å². The Hall–Kier alpha value is -4.16. The van der Waals surface area contributed by atoms with E-state index in [1.807, 2.05) is 0 Å². The van der Waals surface area contributed by atoms with Gasteiger partial charge in [0.25, 0.3) is 5.71 Å². The number of halogens is 4. The molecule has 0 saturated heterocycles. The first-order valence-electron chi connectivity index (χ1n) is 10.0. The molecule has 3 aromatic heterocycles. The van der Waals surface area contributed by atoms with Gasteiger partial charge < -0.3 is 14.3 Å². The number of oxazole rings is 1. The topological polar surface area (TPSA) is 127 Å². The molecule has 1 fully saturated rings. The highest BCUT2D eigenvalue weighted by Crippen LogP contribution is 2.58. The van der Waals surface area contributed by atoms with Gasteiger partial charge >= 0.3 is 6.18 Å². The average Bonchev–Trinajstić information content (AvgIpc) is 3.26. The quantitative estimate of drug-likeness (QED) is 0.305. The van der Waals surface area contributed by atoms with Gasteiger partial charge in [-0.25, -0.2) is 4.39 Å². The van der Waals surface area contributed by atoms with Crippen LogP contribution in [0.3, 0.4) is 0 Å². The number of alkyl halides is 3. The molecule has 1 aliphatic carbocycles. The van der Waals surface area contributed by atoms with E-state index in [1.165, 1.54) is 24.5 Å². The van der Waals surface area contributed by atoms with E-state index >= 15 is 0 Å². The summed E-state index contributed by atoms with van der Waals surface area (Å²) in [5.41, 5.74) is -1.79. The monoisotopic (exact) mass is 473 g/mol. The number of rotatable bonds is 7. The van der Waals surface area contributed by atoms with Crippen molar-refractivity contribution in [1.82, 2.24) is 30.6 Å². The molecular formula is C21H15F4N7O2. The van der Waals surface area contributed by atoms with Gasteiger partial charge in [0.1, 0.15) is 28.9 Å². The van der Waals surface area contributed by atoms with Crippen LogP contribution in [0.5, 0.6) is 0 Å². The average molecular weight is 473 g/mol. The molecule has 4 aromatic rings. The molecule has 0 unspecified atom stereocenters. The standard InChI is InChI=1S/C21H15F4N7O2/c22-12-4-2-1-3-11(12)10-27-15(14-5-8-33-32-14)9-13(26)16-28-18-17(31-30-16)29-19(34-18)20(6-7-20)21(23,24)25/h1-5,8-9,26-27H,6-7,10H2/b15-9-,26-13?. The summed E-state index contributed by atoms with van der Waals surface area (Å²) < 4.78 is 64.2. The molecule has 0 spiro atoms. The minimum Gasteiger partial charge on any atom is -0.420 e. The Balaban J connectivity index is 1.42. The summed E-state index contributed by atoms with van der Waals surface area (Å²) in [5.74, 6) is -1.12. The Labute approximate surface area is 188 Å². The second-order valence-corrected chi connectivity index (χ2v) is 7.66. The summed E-state index contributed by atoms with van der Waals surface area (Å²) in [5, 5.41) is 22.7. The largest absolute Gasteiger partial charge is 0.420 e. The van der Waals surface area contributed by atoms with Crippen molar-refractivity contribution in [1.29, 1.82) is 5.41 Å². The summed E-state index contributed by atoms with van der Waals surface area (Å²) in [6, 6.07) is 7.71. The van der Waals surface area contributed by atoms with Crippen molar-refractivity contribution < 1.29 is 26.5 Å². The van der Waals surface area contributed by atoms with Crippen LogP contribution >= 0.6 is 0 Å². The van der Waals surface area contributed by atoms with Crippen LogP contribution in [-0.2, 0) is 12.0 Å². The lowest BCUT2D eigenvalue weighted by molar-refractivity contribution is -0.165. The van der Waals surface area contributed by atoms with Gasteiger partial charge in [-0.15, -0.1) is 10.2 Å². The van der Waals surface area contributed by atoms with Crippen molar-refractivity contribution in [2.45, 2.75) is 31.0 Å². The number of nitrogens with zero attached hydrogens (tertiary/aromatic N) is 5. The first kappa shape index (κ1) is 21.7. The maximum Gasteiger partial charge on any atom is 0.403 e. The predicted molar refractivity (Wildman–Crippen MR) is 109 cm³/mol. The Morgan fingerprint density at radius 1 is 1.15 bits per heavy atom. The van der Waals surface area contributed by atoms with Crippen LogP contribution in [0.2, 0.25) is 0 Å². The first-order valence-corrected chi connectivity index (χ1v) is 10.0. The van der Waals surface area contributed by atoms with Gasteiger partial charge in [0.15, 0.2) is 0 Å². The summed E-state index contributed by atoms with van der Waals surface area (Å²) in [6.45, 7) is 0.0851. The van der Waals surface area contributed by atoms with Crippen molar-refractivity contribution >= 4 is 22.8 Å². The van der Waals surface area contributed by atoms with E-state index in [0.717, 1.165) is 0 Å². The fourth-order valence-electron chi connectivity index (χ4n) is 3.33. The Morgan fingerprint density at radius 2 is 1.94 bits per heavy atom. The summed E-state index contributed by atoms with van der Waals surface area (Å²) in [7, 11) is 0. The zero-order chi connectivity index (χ0) is 23.9. The van der Waals surface area contributed by atoms with Crippen molar-refractivity contribution in [3.8, 4) is 0 Å². The number of hydrogen-bond acceptors (Lipinski definition) is 9. The fraction of sp³-hybridized carbons (Fsp3) is 0.238. The summed E-state index contributed by atoms with van der Waals surface area (Å²) in [4.78, 5) is 7.82. The van der Waals surface area contributed by atoms with Crippen LogP contribution in [0, 0.1) is 11.2 Å². The molecule has 1 saturated carbocycles. The summed E-state index contributed by atoms with van der Waals surface area (Å²) >= 11 is 0. The predicted octanol–water partition coefficient (Wildman–Crippen LogP) is 3.93. The number of hydrogen-bond donors (Lipinski definition) is 2. The van der Waals surface area contributed by atoms with E-state index in [1.54, 1.807) is 18.2 Å².